The number of anilines is 1. The minimum Gasteiger partial charge on any atom is -0.508 e. The number of hydrogen-bond donors (Lipinski definition) is 3. The van der Waals surface area contributed by atoms with Crippen LogP contribution in [0, 0.1) is 0 Å². The van der Waals surface area contributed by atoms with Crippen LogP contribution in [0.25, 0.3) is 0 Å². The highest BCUT2D eigenvalue weighted by molar-refractivity contribution is 5.94. The molecule has 7 nitrogen and oxygen atoms in total. The van der Waals surface area contributed by atoms with E-state index in [1.165, 1.54) is 12.1 Å². The average Bonchev–Trinajstić information content (AvgIpc) is 2.58. The number of methoxy groups -OCH3 is 1. The fourth-order valence-corrected chi connectivity index (χ4v) is 1.84. The van der Waals surface area contributed by atoms with Crippen LogP contribution in [0.2, 0.25) is 0 Å². The third-order valence-electron chi connectivity index (χ3n) is 3.01. The van der Waals surface area contributed by atoms with Crippen molar-refractivity contribution in [2.75, 3.05) is 25.6 Å². The third-order valence-corrected chi connectivity index (χ3v) is 3.01. The lowest BCUT2D eigenvalue weighted by atomic mass is 10.3. The van der Waals surface area contributed by atoms with Gasteiger partial charge in [-0.1, -0.05) is 6.07 Å². The number of phenolic OH excluding ortho intramolecular Hbond substituents is 1. The van der Waals surface area contributed by atoms with Crippen molar-refractivity contribution in [2.24, 2.45) is 0 Å². The Morgan fingerprint density at radius 1 is 1.04 bits per heavy atom. The zero-order valence-corrected chi connectivity index (χ0v) is 13.1. The summed E-state index contributed by atoms with van der Waals surface area (Å²) in [6.45, 7) is -0.397. The Balaban J connectivity index is 1.71. The first kappa shape index (κ1) is 17.1. The topological polar surface area (TPSA) is 96.9 Å². The lowest BCUT2D eigenvalue weighted by molar-refractivity contribution is -0.125. The summed E-state index contributed by atoms with van der Waals surface area (Å²) in [7, 11) is 1.56. The van der Waals surface area contributed by atoms with Crippen molar-refractivity contribution in [3.05, 3.63) is 48.5 Å². The third kappa shape index (κ3) is 5.53. The number of phenols is 1. The van der Waals surface area contributed by atoms with Crippen LogP contribution in [0.1, 0.15) is 0 Å². The number of carbonyl (C=O) groups is 2. The number of aromatic hydroxyl groups is 1. The molecule has 2 rings (SSSR count). The molecule has 24 heavy (non-hydrogen) atoms. The molecule has 0 aromatic heterocycles. The van der Waals surface area contributed by atoms with E-state index in [1.807, 2.05) is 0 Å². The Kier molecular flexibility index (Phi) is 6.01. The molecule has 3 N–H and O–H groups in total. The second-order valence-electron chi connectivity index (χ2n) is 4.84. The lowest BCUT2D eigenvalue weighted by Gasteiger charge is -2.09. The van der Waals surface area contributed by atoms with Crippen LogP contribution in [0.3, 0.4) is 0 Å². The van der Waals surface area contributed by atoms with Gasteiger partial charge in [0.05, 0.1) is 13.7 Å². The first-order chi connectivity index (χ1) is 11.6. The first-order valence-electron chi connectivity index (χ1n) is 7.19. The number of nitrogens with one attached hydrogen (secondary N) is 2. The van der Waals surface area contributed by atoms with Gasteiger partial charge in [0.25, 0.3) is 5.91 Å². The maximum atomic E-state index is 11.7. The summed E-state index contributed by atoms with van der Waals surface area (Å²) < 4.78 is 10.3. The molecule has 0 aliphatic rings. The maximum absolute atomic E-state index is 11.7. The largest absolute Gasteiger partial charge is 0.508 e. The number of ether oxygens (including phenoxy) is 2. The van der Waals surface area contributed by atoms with Crippen LogP contribution in [0.5, 0.6) is 17.2 Å². The maximum Gasteiger partial charge on any atom is 0.258 e. The van der Waals surface area contributed by atoms with Crippen molar-refractivity contribution >= 4 is 17.5 Å². The standard InChI is InChI=1S/C17H18N2O5/c1-23-14-5-7-15(8-6-14)24-11-17(22)18-10-16(21)19-12-3-2-4-13(20)9-12/h2-9,20H,10-11H2,1H3,(H,18,22)(H,19,21). The summed E-state index contributed by atoms with van der Waals surface area (Å²) in [5, 5.41) is 14.3. The van der Waals surface area contributed by atoms with Gasteiger partial charge in [-0.25, -0.2) is 0 Å². The molecule has 0 unspecified atom stereocenters. The molecule has 7 heteroatoms. The molecular formula is C17H18N2O5. The highest BCUT2D eigenvalue weighted by Gasteiger charge is 2.07. The molecule has 2 aromatic carbocycles. The molecule has 126 valence electrons. The molecule has 0 aliphatic heterocycles. The van der Waals surface area contributed by atoms with Crippen LogP contribution >= 0.6 is 0 Å². The van der Waals surface area contributed by atoms with E-state index < -0.39 is 11.8 Å². The minimum atomic E-state index is -0.420. The molecule has 0 spiro atoms. The summed E-state index contributed by atoms with van der Waals surface area (Å²) in [6.07, 6.45) is 0. The van der Waals surface area contributed by atoms with E-state index in [0.717, 1.165) is 0 Å². The van der Waals surface area contributed by atoms with Crippen molar-refractivity contribution in [1.29, 1.82) is 0 Å². The van der Waals surface area contributed by atoms with Gasteiger partial charge in [0.1, 0.15) is 17.2 Å². The molecule has 0 atom stereocenters. The van der Waals surface area contributed by atoms with E-state index in [1.54, 1.807) is 43.5 Å². The van der Waals surface area contributed by atoms with Gasteiger partial charge in [-0.05, 0) is 36.4 Å². The molecule has 0 fully saturated rings. The number of amides is 2. The van der Waals surface area contributed by atoms with Gasteiger partial charge in [-0.3, -0.25) is 9.59 Å². The average molecular weight is 330 g/mol. The van der Waals surface area contributed by atoms with E-state index in [-0.39, 0.29) is 18.9 Å². The van der Waals surface area contributed by atoms with Crippen LogP contribution in [-0.2, 0) is 9.59 Å². The van der Waals surface area contributed by atoms with Crippen molar-refractivity contribution in [3.8, 4) is 17.2 Å². The van der Waals surface area contributed by atoms with Gasteiger partial charge in [0.15, 0.2) is 6.61 Å². The molecule has 0 saturated carbocycles. The van der Waals surface area contributed by atoms with Gasteiger partial charge in [0, 0.05) is 11.8 Å². The fourth-order valence-electron chi connectivity index (χ4n) is 1.84. The monoisotopic (exact) mass is 330 g/mol. The normalized spacial score (nSPS) is 9.88. The predicted octanol–water partition coefficient (Wildman–Crippen LogP) is 1.53. The summed E-state index contributed by atoms with van der Waals surface area (Å²) in [4.78, 5) is 23.4. The number of benzene rings is 2. The van der Waals surface area contributed by atoms with Crippen molar-refractivity contribution < 1.29 is 24.2 Å². The molecule has 0 saturated heterocycles. The number of carbonyl (C=O) groups excluding carboxylic acids is 2. The van der Waals surface area contributed by atoms with E-state index in [4.69, 9.17) is 9.47 Å². The molecule has 0 heterocycles. The molecule has 0 radical (unpaired) electrons. The second-order valence-corrected chi connectivity index (χ2v) is 4.84. The molecule has 2 amide bonds. The minimum absolute atomic E-state index is 0.0460. The summed E-state index contributed by atoms with van der Waals surface area (Å²) in [5.74, 6) is 0.436. The molecule has 2 aromatic rings. The van der Waals surface area contributed by atoms with Crippen LogP contribution in [0.15, 0.2) is 48.5 Å². The van der Waals surface area contributed by atoms with Crippen molar-refractivity contribution in [2.45, 2.75) is 0 Å². The van der Waals surface area contributed by atoms with Crippen LogP contribution in [0.4, 0.5) is 5.69 Å². The summed E-state index contributed by atoms with van der Waals surface area (Å²) in [6, 6.07) is 12.9. The van der Waals surface area contributed by atoms with Gasteiger partial charge in [0.2, 0.25) is 5.91 Å². The fraction of sp³-hybridized carbons (Fsp3) is 0.176. The molecule has 0 aliphatic carbocycles. The Morgan fingerprint density at radius 3 is 2.42 bits per heavy atom. The Bertz CT molecular complexity index is 700. The quantitative estimate of drug-likeness (QED) is 0.715. The van der Waals surface area contributed by atoms with Gasteiger partial charge >= 0.3 is 0 Å². The zero-order valence-electron chi connectivity index (χ0n) is 13.1. The van der Waals surface area contributed by atoms with E-state index in [0.29, 0.717) is 17.2 Å². The smallest absolute Gasteiger partial charge is 0.258 e. The van der Waals surface area contributed by atoms with Crippen molar-refractivity contribution in [3.63, 3.8) is 0 Å². The highest BCUT2D eigenvalue weighted by atomic mass is 16.5. The summed E-state index contributed by atoms with van der Waals surface area (Å²) >= 11 is 0. The molecule has 0 bridgehead atoms. The molecular weight excluding hydrogens is 312 g/mol. The first-order valence-corrected chi connectivity index (χ1v) is 7.19. The van der Waals surface area contributed by atoms with Gasteiger partial charge in [-0.2, -0.15) is 0 Å². The number of rotatable bonds is 7. The van der Waals surface area contributed by atoms with E-state index in [9.17, 15) is 14.7 Å². The van der Waals surface area contributed by atoms with E-state index in [2.05, 4.69) is 10.6 Å². The van der Waals surface area contributed by atoms with Gasteiger partial charge < -0.3 is 25.2 Å². The number of hydrogen-bond acceptors (Lipinski definition) is 5. The zero-order chi connectivity index (χ0) is 17.4. The Labute approximate surface area is 139 Å². The Hall–Kier alpha value is -3.22. The SMILES string of the molecule is COc1ccc(OCC(=O)NCC(=O)Nc2cccc(O)c2)cc1. The summed E-state index contributed by atoms with van der Waals surface area (Å²) in [5.41, 5.74) is 0.448. The Morgan fingerprint density at radius 2 is 1.75 bits per heavy atom. The van der Waals surface area contributed by atoms with E-state index >= 15 is 0 Å². The second kappa shape index (κ2) is 8.42. The van der Waals surface area contributed by atoms with Crippen LogP contribution < -0.4 is 20.1 Å². The predicted molar refractivity (Wildman–Crippen MR) is 88.2 cm³/mol. The van der Waals surface area contributed by atoms with Gasteiger partial charge in [-0.15, -0.1) is 0 Å². The van der Waals surface area contributed by atoms with Crippen molar-refractivity contribution in [1.82, 2.24) is 5.32 Å². The lowest BCUT2D eigenvalue weighted by Crippen LogP contribution is -2.35. The highest BCUT2D eigenvalue weighted by Crippen LogP contribution is 2.17. The van der Waals surface area contributed by atoms with Crippen LogP contribution in [-0.4, -0.2) is 37.2 Å².